The standard InChI is InChI=1S/C28H28F3N5O2S/c1-17-4-5-20(10-19(17)6-7-24-14-33-27(39-24)25(32)37)26(38)34-22-11-21(28(29,30)31)12-23(13-22)36-9-8-18(16-36)15-35(2)3/h4-5,10-14,18H,8-9,15-16H2,1-3H3,(H2,32,37)(H,34,38)/t18-/m1/s1. The van der Waals surface area contributed by atoms with Crippen LogP contribution in [-0.4, -0.2) is 55.4 Å². The number of aryl methyl sites for hydroxylation is 1. The molecule has 11 heteroatoms. The number of hydrogen-bond acceptors (Lipinski definition) is 6. The zero-order chi connectivity index (χ0) is 28.3. The van der Waals surface area contributed by atoms with Crippen LogP contribution >= 0.6 is 11.3 Å². The minimum Gasteiger partial charge on any atom is -0.371 e. The molecule has 0 unspecified atom stereocenters. The van der Waals surface area contributed by atoms with E-state index in [0.29, 0.717) is 35.1 Å². The molecule has 39 heavy (non-hydrogen) atoms. The summed E-state index contributed by atoms with van der Waals surface area (Å²) < 4.78 is 41.2. The number of nitrogens with zero attached hydrogens (tertiary/aromatic N) is 3. The lowest BCUT2D eigenvalue weighted by Crippen LogP contribution is -2.26. The number of carbonyl (C=O) groups excluding carboxylic acids is 2. The quantitative estimate of drug-likeness (QED) is 0.434. The fraction of sp³-hybridized carbons (Fsp3) is 0.321. The Morgan fingerprint density at radius 3 is 2.64 bits per heavy atom. The number of anilines is 2. The summed E-state index contributed by atoms with van der Waals surface area (Å²) in [5, 5.41) is 2.78. The highest BCUT2D eigenvalue weighted by molar-refractivity contribution is 7.14. The predicted octanol–water partition coefficient (Wildman–Crippen LogP) is 4.61. The number of halogens is 3. The number of carbonyl (C=O) groups is 2. The van der Waals surface area contributed by atoms with E-state index in [1.54, 1.807) is 24.3 Å². The Morgan fingerprint density at radius 2 is 1.97 bits per heavy atom. The van der Waals surface area contributed by atoms with Crippen molar-refractivity contribution in [2.75, 3.05) is 43.9 Å². The fourth-order valence-electron chi connectivity index (χ4n) is 4.44. The summed E-state index contributed by atoms with van der Waals surface area (Å²) in [7, 11) is 3.95. The van der Waals surface area contributed by atoms with Gasteiger partial charge in [-0.05, 0) is 75.2 Å². The second-order valence-electron chi connectivity index (χ2n) is 9.76. The van der Waals surface area contributed by atoms with Gasteiger partial charge in [0.25, 0.3) is 11.8 Å². The average molecular weight is 556 g/mol. The number of nitrogens with one attached hydrogen (secondary N) is 1. The molecule has 0 aliphatic carbocycles. The molecule has 4 rings (SSSR count). The van der Waals surface area contributed by atoms with Crippen LogP contribution in [0.4, 0.5) is 24.5 Å². The van der Waals surface area contributed by atoms with E-state index in [2.05, 4.69) is 27.0 Å². The Hall–Kier alpha value is -3.88. The van der Waals surface area contributed by atoms with Crippen molar-refractivity contribution in [2.24, 2.45) is 11.7 Å². The van der Waals surface area contributed by atoms with E-state index in [4.69, 9.17) is 5.73 Å². The number of nitrogens with two attached hydrogens (primary N) is 1. The lowest BCUT2D eigenvalue weighted by atomic mass is 10.0. The zero-order valence-corrected chi connectivity index (χ0v) is 22.5. The van der Waals surface area contributed by atoms with Crippen LogP contribution in [0.3, 0.4) is 0 Å². The molecule has 1 saturated heterocycles. The van der Waals surface area contributed by atoms with E-state index in [9.17, 15) is 22.8 Å². The molecule has 3 N–H and O–H groups in total. The number of primary amides is 1. The predicted molar refractivity (Wildman–Crippen MR) is 146 cm³/mol. The van der Waals surface area contributed by atoms with Crippen LogP contribution < -0.4 is 16.0 Å². The highest BCUT2D eigenvalue weighted by Crippen LogP contribution is 2.36. The third-order valence-corrected chi connectivity index (χ3v) is 7.24. The summed E-state index contributed by atoms with van der Waals surface area (Å²) >= 11 is 1.06. The molecule has 7 nitrogen and oxygen atoms in total. The molecule has 1 aliphatic heterocycles. The number of hydrogen-bond donors (Lipinski definition) is 2. The summed E-state index contributed by atoms with van der Waals surface area (Å²) in [5.74, 6) is 5.03. The Kier molecular flexibility index (Phi) is 8.28. The van der Waals surface area contributed by atoms with E-state index in [0.717, 1.165) is 42.0 Å². The minimum absolute atomic E-state index is 0.0673. The van der Waals surface area contributed by atoms with Crippen molar-refractivity contribution in [1.82, 2.24) is 9.88 Å². The van der Waals surface area contributed by atoms with Crippen LogP contribution in [-0.2, 0) is 6.18 Å². The van der Waals surface area contributed by atoms with Gasteiger partial charge in [-0.1, -0.05) is 12.0 Å². The fourth-order valence-corrected chi connectivity index (χ4v) is 5.06. The second-order valence-corrected chi connectivity index (χ2v) is 10.8. The van der Waals surface area contributed by atoms with Crippen molar-refractivity contribution < 1.29 is 22.8 Å². The first-order chi connectivity index (χ1) is 18.4. The van der Waals surface area contributed by atoms with Crippen LogP contribution in [0, 0.1) is 24.7 Å². The summed E-state index contributed by atoms with van der Waals surface area (Å²) in [6.07, 6.45) is -2.23. The lowest BCUT2D eigenvalue weighted by Gasteiger charge is -2.22. The van der Waals surface area contributed by atoms with Gasteiger partial charge in [0.2, 0.25) is 0 Å². The highest BCUT2D eigenvalue weighted by Gasteiger charge is 2.33. The van der Waals surface area contributed by atoms with Gasteiger partial charge < -0.3 is 20.9 Å². The van der Waals surface area contributed by atoms with E-state index in [-0.39, 0.29) is 16.3 Å². The monoisotopic (exact) mass is 555 g/mol. The minimum atomic E-state index is -4.56. The topological polar surface area (TPSA) is 91.6 Å². The van der Waals surface area contributed by atoms with E-state index in [1.807, 2.05) is 25.9 Å². The van der Waals surface area contributed by atoms with Crippen LogP contribution in [0.5, 0.6) is 0 Å². The van der Waals surface area contributed by atoms with E-state index >= 15 is 0 Å². The maximum atomic E-state index is 13.7. The SMILES string of the molecule is Cc1ccc(C(=O)Nc2cc(N3CC[C@H](CN(C)C)C3)cc(C(F)(F)F)c2)cc1C#Cc1cnc(C(N)=O)s1. The number of rotatable bonds is 6. The molecule has 204 valence electrons. The molecule has 0 spiro atoms. The third kappa shape index (κ3) is 7.16. The Morgan fingerprint density at radius 1 is 1.21 bits per heavy atom. The largest absolute Gasteiger partial charge is 0.416 e. The molecular formula is C28H28F3N5O2S. The molecule has 1 atom stereocenters. The molecule has 2 amide bonds. The van der Waals surface area contributed by atoms with Crippen LogP contribution in [0.1, 0.15) is 48.1 Å². The third-order valence-electron chi connectivity index (χ3n) is 6.31. The molecule has 0 saturated carbocycles. The second kappa shape index (κ2) is 11.5. The van der Waals surface area contributed by atoms with Crippen LogP contribution in [0.25, 0.3) is 0 Å². The van der Waals surface area contributed by atoms with Gasteiger partial charge in [-0.3, -0.25) is 9.59 Å². The van der Waals surface area contributed by atoms with Gasteiger partial charge in [-0.25, -0.2) is 4.98 Å². The normalized spacial score (nSPS) is 15.3. The number of aromatic nitrogens is 1. The van der Waals surface area contributed by atoms with Crippen LogP contribution in [0.15, 0.2) is 42.6 Å². The Bertz CT molecular complexity index is 1460. The molecule has 2 aromatic carbocycles. The van der Waals surface area contributed by atoms with Gasteiger partial charge in [-0.15, -0.1) is 11.3 Å². The molecule has 1 fully saturated rings. The molecule has 0 bridgehead atoms. The van der Waals surface area contributed by atoms with Gasteiger partial charge in [0.1, 0.15) is 0 Å². The molecule has 0 radical (unpaired) electrons. The van der Waals surface area contributed by atoms with Crippen molar-refractivity contribution >= 4 is 34.5 Å². The molecule has 1 aliphatic rings. The molecular weight excluding hydrogens is 527 g/mol. The van der Waals surface area contributed by atoms with Crippen molar-refractivity contribution in [3.05, 3.63) is 74.7 Å². The number of alkyl halides is 3. The van der Waals surface area contributed by atoms with Crippen LogP contribution in [0.2, 0.25) is 0 Å². The zero-order valence-electron chi connectivity index (χ0n) is 21.7. The Labute approximate surface area is 228 Å². The number of amides is 2. The molecule has 3 aromatic rings. The number of thiazole rings is 1. The van der Waals surface area contributed by atoms with E-state index in [1.165, 1.54) is 6.20 Å². The lowest BCUT2D eigenvalue weighted by molar-refractivity contribution is -0.137. The average Bonchev–Trinajstić information content (AvgIpc) is 3.52. The first kappa shape index (κ1) is 28.1. The maximum Gasteiger partial charge on any atom is 0.416 e. The van der Waals surface area contributed by atoms with Crippen molar-refractivity contribution in [1.29, 1.82) is 0 Å². The summed E-state index contributed by atoms with van der Waals surface area (Å²) in [4.78, 5) is 32.8. The first-order valence-corrected chi connectivity index (χ1v) is 13.0. The Balaban J connectivity index is 1.57. The number of benzene rings is 2. The smallest absolute Gasteiger partial charge is 0.371 e. The summed E-state index contributed by atoms with van der Waals surface area (Å²) in [5.41, 5.74) is 6.52. The van der Waals surface area contributed by atoms with Crippen molar-refractivity contribution in [2.45, 2.75) is 19.5 Å². The van der Waals surface area contributed by atoms with Gasteiger partial charge >= 0.3 is 6.18 Å². The van der Waals surface area contributed by atoms with Crippen molar-refractivity contribution in [3.63, 3.8) is 0 Å². The highest BCUT2D eigenvalue weighted by atomic mass is 32.1. The summed E-state index contributed by atoms with van der Waals surface area (Å²) in [6.45, 7) is 3.97. The van der Waals surface area contributed by atoms with Gasteiger partial charge in [0.15, 0.2) is 5.01 Å². The van der Waals surface area contributed by atoms with Gasteiger partial charge in [0, 0.05) is 42.1 Å². The molecule has 2 heterocycles. The maximum absolute atomic E-state index is 13.7. The summed E-state index contributed by atoms with van der Waals surface area (Å²) in [6, 6.07) is 8.55. The van der Waals surface area contributed by atoms with Gasteiger partial charge in [0.05, 0.1) is 16.6 Å². The van der Waals surface area contributed by atoms with Gasteiger partial charge in [-0.2, -0.15) is 13.2 Å². The van der Waals surface area contributed by atoms with E-state index < -0.39 is 23.6 Å². The first-order valence-electron chi connectivity index (χ1n) is 12.2. The molecule has 1 aromatic heterocycles. The van der Waals surface area contributed by atoms with Crippen molar-refractivity contribution in [3.8, 4) is 11.8 Å².